The van der Waals surface area contributed by atoms with Crippen molar-refractivity contribution in [3.63, 3.8) is 0 Å². The minimum Gasteiger partial charge on any atom is -0.465 e. The number of rotatable bonds is 43. The number of aliphatic hydroxyl groups is 2. The van der Waals surface area contributed by atoms with E-state index in [2.05, 4.69) is 32.6 Å². The largest absolute Gasteiger partial charge is 0.465 e. The molecule has 0 rings (SSSR count). The Morgan fingerprint density at radius 2 is 1.07 bits per heavy atom. The van der Waals surface area contributed by atoms with E-state index in [4.69, 9.17) is 9.47 Å². The highest BCUT2D eigenvalue weighted by atomic mass is 32.2. The van der Waals surface area contributed by atoms with Gasteiger partial charge in [0.1, 0.15) is 6.61 Å². The van der Waals surface area contributed by atoms with E-state index in [1.165, 1.54) is 128 Å². The van der Waals surface area contributed by atoms with Gasteiger partial charge in [-0.1, -0.05) is 163 Å². The van der Waals surface area contributed by atoms with Crippen LogP contribution in [0.1, 0.15) is 214 Å². The lowest BCUT2D eigenvalue weighted by atomic mass is 9.94. The zero-order valence-electron chi connectivity index (χ0n) is 36.3. The maximum atomic E-state index is 12.9. The summed E-state index contributed by atoms with van der Waals surface area (Å²) in [5.41, 5.74) is 0. The molecule has 3 atom stereocenters. The molecule has 2 N–H and O–H groups in total. The van der Waals surface area contributed by atoms with Crippen LogP contribution in [0.3, 0.4) is 0 Å². The second-order valence-electron chi connectivity index (χ2n) is 16.1. The fraction of sp³-hybridized carbons (Fsp3) is 0.957. The van der Waals surface area contributed by atoms with Gasteiger partial charge in [-0.05, 0) is 57.4 Å². The highest BCUT2D eigenvalue weighted by Gasteiger charge is 2.20. The summed E-state index contributed by atoms with van der Waals surface area (Å²) in [6, 6.07) is 0. The fourth-order valence-corrected chi connectivity index (χ4v) is 8.04. The molecule has 3 unspecified atom stereocenters. The Kier molecular flexibility index (Phi) is 41.2. The molecular weight excluding hydrogens is 695 g/mol. The Morgan fingerprint density at radius 1 is 0.593 bits per heavy atom. The van der Waals surface area contributed by atoms with Gasteiger partial charge in [-0.25, -0.2) is 0 Å². The second-order valence-corrected chi connectivity index (χ2v) is 17.3. The first-order valence-electron chi connectivity index (χ1n) is 23.3. The van der Waals surface area contributed by atoms with E-state index < -0.39 is 6.10 Å². The van der Waals surface area contributed by atoms with Gasteiger partial charge in [0.2, 0.25) is 0 Å². The average molecular weight is 786 g/mol. The Morgan fingerprint density at radius 3 is 1.63 bits per heavy atom. The molecule has 0 amide bonds. The third-order valence-corrected chi connectivity index (χ3v) is 11.9. The van der Waals surface area contributed by atoms with Crippen LogP contribution in [0, 0.1) is 11.8 Å². The van der Waals surface area contributed by atoms with Crippen molar-refractivity contribution in [3.05, 3.63) is 0 Å². The number of carbonyl (C=O) groups excluding carboxylic acids is 2. The average Bonchev–Trinajstić information content (AvgIpc) is 3.17. The lowest BCUT2D eigenvalue weighted by Crippen LogP contribution is -2.35. The second kappa shape index (κ2) is 41.8. The molecule has 0 radical (unpaired) electrons. The van der Waals surface area contributed by atoms with E-state index in [0.717, 1.165) is 58.0 Å². The van der Waals surface area contributed by atoms with Crippen molar-refractivity contribution in [1.82, 2.24) is 4.90 Å². The summed E-state index contributed by atoms with van der Waals surface area (Å²) in [7, 11) is 0. The molecule has 0 aliphatic rings. The summed E-state index contributed by atoms with van der Waals surface area (Å²) in [5, 5.41) is 20.2. The van der Waals surface area contributed by atoms with Gasteiger partial charge in [0, 0.05) is 37.6 Å². The summed E-state index contributed by atoms with van der Waals surface area (Å²) in [6.07, 6.45) is 32.6. The summed E-state index contributed by atoms with van der Waals surface area (Å²) in [6.45, 7) is 12.2. The standard InChI is InChI=1S/C46H91NO6S/c1-5-9-13-17-19-23-30-42(29-22-15-11-7-3)40-53-45(50)33-26-21-27-34-47(35-28-36-48)39-44(49)41-54-38-37-52-46(51)43(31-24-16-12-8-4)32-25-20-18-14-10-6-2/h42-44,48-49H,5-41H2,1-4H3. The van der Waals surface area contributed by atoms with Crippen LogP contribution >= 0.6 is 11.8 Å². The van der Waals surface area contributed by atoms with Crippen molar-refractivity contribution in [2.45, 2.75) is 220 Å². The number of hydrogen-bond acceptors (Lipinski definition) is 8. The normalized spacial score (nSPS) is 13.3. The van der Waals surface area contributed by atoms with Crippen molar-refractivity contribution in [1.29, 1.82) is 0 Å². The van der Waals surface area contributed by atoms with Crippen LogP contribution in [-0.2, 0) is 19.1 Å². The maximum Gasteiger partial charge on any atom is 0.308 e. The smallest absolute Gasteiger partial charge is 0.308 e. The van der Waals surface area contributed by atoms with Crippen molar-refractivity contribution in [3.8, 4) is 0 Å². The topological polar surface area (TPSA) is 96.3 Å². The number of unbranched alkanes of at least 4 members (excludes halogenated alkanes) is 18. The lowest BCUT2D eigenvalue weighted by molar-refractivity contribution is -0.148. The molecule has 0 aliphatic heterocycles. The zero-order chi connectivity index (χ0) is 39.7. The van der Waals surface area contributed by atoms with Crippen LogP contribution in [0.2, 0.25) is 0 Å². The molecule has 322 valence electrons. The number of aliphatic hydroxyl groups excluding tert-OH is 2. The van der Waals surface area contributed by atoms with Gasteiger partial charge in [0.25, 0.3) is 0 Å². The van der Waals surface area contributed by atoms with Crippen molar-refractivity contribution in [2.75, 3.05) is 51.0 Å². The maximum absolute atomic E-state index is 12.9. The molecule has 0 spiro atoms. The quantitative estimate of drug-likeness (QED) is 0.0466. The van der Waals surface area contributed by atoms with Gasteiger partial charge in [0.15, 0.2) is 0 Å². The minimum absolute atomic E-state index is 0.0199. The van der Waals surface area contributed by atoms with Gasteiger partial charge >= 0.3 is 11.9 Å². The number of hydrogen-bond donors (Lipinski definition) is 2. The third kappa shape index (κ3) is 35.6. The van der Waals surface area contributed by atoms with E-state index in [-0.39, 0.29) is 24.5 Å². The Hall–Kier alpha value is -0.830. The zero-order valence-corrected chi connectivity index (χ0v) is 37.1. The molecule has 0 aromatic heterocycles. The molecular formula is C46H91NO6S. The lowest BCUT2D eigenvalue weighted by Gasteiger charge is -2.25. The Labute approximate surface area is 339 Å². The number of esters is 2. The fourth-order valence-electron chi connectivity index (χ4n) is 7.30. The van der Waals surface area contributed by atoms with Crippen LogP contribution in [0.15, 0.2) is 0 Å². The van der Waals surface area contributed by atoms with Gasteiger partial charge in [0.05, 0.1) is 18.6 Å². The van der Waals surface area contributed by atoms with Crippen molar-refractivity contribution in [2.24, 2.45) is 11.8 Å². The highest BCUT2D eigenvalue weighted by molar-refractivity contribution is 7.99. The van der Waals surface area contributed by atoms with Crippen molar-refractivity contribution < 1.29 is 29.3 Å². The number of carbonyl (C=O) groups is 2. The third-order valence-electron chi connectivity index (χ3n) is 10.8. The van der Waals surface area contributed by atoms with E-state index in [1.54, 1.807) is 11.8 Å². The molecule has 0 aliphatic carbocycles. The van der Waals surface area contributed by atoms with Gasteiger partial charge in [-0.2, -0.15) is 11.8 Å². The van der Waals surface area contributed by atoms with Crippen LogP contribution in [0.4, 0.5) is 0 Å². The molecule has 0 saturated heterocycles. The molecule has 0 aromatic rings. The number of ether oxygens (including phenoxy) is 2. The van der Waals surface area contributed by atoms with Gasteiger partial charge < -0.3 is 24.6 Å². The first-order valence-corrected chi connectivity index (χ1v) is 24.5. The van der Waals surface area contributed by atoms with Crippen LogP contribution in [0.5, 0.6) is 0 Å². The molecule has 0 aromatic carbocycles. The van der Waals surface area contributed by atoms with Crippen LogP contribution < -0.4 is 0 Å². The summed E-state index contributed by atoms with van der Waals surface area (Å²) in [5.74, 6) is 1.70. The Bertz CT molecular complexity index is 801. The summed E-state index contributed by atoms with van der Waals surface area (Å²) in [4.78, 5) is 27.8. The van der Waals surface area contributed by atoms with E-state index in [9.17, 15) is 19.8 Å². The van der Waals surface area contributed by atoms with Crippen LogP contribution in [-0.4, -0.2) is 84.1 Å². The first-order chi connectivity index (χ1) is 26.4. The molecule has 0 bridgehead atoms. The van der Waals surface area contributed by atoms with Crippen LogP contribution in [0.25, 0.3) is 0 Å². The predicted molar refractivity (Wildman–Crippen MR) is 232 cm³/mol. The van der Waals surface area contributed by atoms with Gasteiger partial charge in [-0.15, -0.1) is 0 Å². The number of thioether (sulfide) groups is 1. The van der Waals surface area contributed by atoms with E-state index in [0.29, 0.717) is 50.0 Å². The van der Waals surface area contributed by atoms with E-state index in [1.807, 2.05) is 0 Å². The van der Waals surface area contributed by atoms with Gasteiger partial charge in [-0.3, -0.25) is 9.59 Å². The predicted octanol–water partition coefficient (Wildman–Crippen LogP) is 12.1. The monoisotopic (exact) mass is 786 g/mol. The highest BCUT2D eigenvalue weighted by Crippen LogP contribution is 2.22. The molecule has 7 nitrogen and oxygen atoms in total. The summed E-state index contributed by atoms with van der Waals surface area (Å²) >= 11 is 1.64. The molecule has 0 fully saturated rings. The Balaban J connectivity index is 4.42. The number of nitrogens with zero attached hydrogens (tertiary/aromatic N) is 1. The van der Waals surface area contributed by atoms with Crippen molar-refractivity contribution >= 4 is 23.7 Å². The molecule has 54 heavy (non-hydrogen) atoms. The SMILES string of the molecule is CCCCCCCCC(CCCCCC)COC(=O)CCCCCN(CCCO)CC(O)CSCCOC(=O)C(CCCCCC)CCCCCCCC. The summed E-state index contributed by atoms with van der Waals surface area (Å²) < 4.78 is 11.5. The first kappa shape index (κ1) is 53.2. The molecule has 8 heteroatoms. The minimum atomic E-state index is -0.482. The molecule has 0 saturated carbocycles. The molecule has 0 heterocycles. The van der Waals surface area contributed by atoms with E-state index >= 15 is 0 Å².